The maximum Gasteiger partial charge on any atom is 0.254 e. The molecule has 1 N–H and O–H groups in total. The Kier molecular flexibility index (Phi) is 5.59. The molecule has 1 unspecified atom stereocenters. The summed E-state index contributed by atoms with van der Waals surface area (Å²) in [6.07, 6.45) is 3.29. The average molecular weight is 326 g/mol. The lowest BCUT2D eigenvalue weighted by Crippen LogP contribution is -2.44. The van der Waals surface area contributed by atoms with E-state index >= 15 is 0 Å². The number of rotatable bonds is 6. The van der Waals surface area contributed by atoms with Crippen molar-refractivity contribution in [3.8, 4) is 0 Å². The van der Waals surface area contributed by atoms with Crippen LogP contribution in [0, 0.1) is 5.82 Å². The highest BCUT2D eigenvalue weighted by Gasteiger charge is 2.23. The van der Waals surface area contributed by atoms with E-state index in [-0.39, 0.29) is 17.5 Å². The molecule has 1 atom stereocenters. The first-order valence-electron chi connectivity index (χ1n) is 8.55. The van der Waals surface area contributed by atoms with Gasteiger partial charge in [-0.15, -0.1) is 0 Å². The second-order valence-corrected chi connectivity index (χ2v) is 6.28. The number of nitrogens with zero attached hydrogens (tertiary/aromatic N) is 1. The van der Waals surface area contributed by atoms with E-state index in [0.717, 1.165) is 19.5 Å². The smallest absolute Gasteiger partial charge is 0.254 e. The van der Waals surface area contributed by atoms with Gasteiger partial charge in [0.1, 0.15) is 5.82 Å². The molecule has 1 amide bonds. The molecule has 1 fully saturated rings. The Hall–Kier alpha value is -2.20. The summed E-state index contributed by atoms with van der Waals surface area (Å²) in [6, 6.07) is 16.7. The lowest BCUT2D eigenvalue weighted by Gasteiger charge is -2.28. The van der Waals surface area contributed by atoms with Gasteiger partial charge in [-0.2, -0.15) is 0 Å². The third-order valence-corrected chi connectivity index (χ3v) is 4.59. The molecule has 0 aromatic heterocycles. The molecule has 126 valence electrons. The second kappa shape index (κ2) is 8.06. The van der Waals surface area contributed by atoms with Crippen molar-refractivity contribution in [2.75, 3.05) is 19.6 Å². The van der Waals surface area contributed by atoms with Gasteiger partial charge < -0.3 is 5.32 Å². The van der Waals surface area contributed by atoms with E-state index in [1.165, 1.54) is 30.5 Å². The molecule has 2 aromatic rings. The summed E-state index contributed by atoms with van der Waals surface area (Å²) >= 11 is 0. The monoisotopic (exact) mass is 326 g/mol. The van der Waals surface area contributed by atoms with Gasteiger partial charge in [0.2, 0.25) is 0 Å². The van der Waals surface area contributed by atoms with Crippen LogP contribution in [0.2, 0.25) is 0 Å². The normalized spacial score (nSPS) is 16.0. The molecule has 0 saturated carbocycles. The van der Waals surface area contributed by atoms with Crippen LogP contribution in [0.1, 0.15) is 28.8 Å². The molecule has 1 heterocycles. The molecule has 0 bridgehead atoms. The Morgan fingerprint density at radius 2 is 1.71 bits per heavy atom. The molecule has 4 heteroatoms. The highest BCUT2D eigenvalue weighted by molar-refractivity contribution is 5.94. The molecule has 3 rings (SSSR count). The summed E-state index contributed by atoms with van der Waals surface area (Å²) in [5.41, 5.74) is 1.37. The number of hydrogen-bond donors (Lipinski definition) is 1. The van der Waals surface area contributed by atoms with Gasteiger partial charge in [0, 0.05) is 12.6 Å². The van der Waals surface area contributed by atoms with E-state index in [0.29, 0.717) is 6.54 Å². The third kappa shape index (κ3) is 4.20. The molecule has 3 nitrogen and oxygen atoms in total. The van der Waals surface area contributed by atoms with Gasteiger partial charge in [-0.05, 0) is 50.0 Å². The number of carbonyl (C=O) groups excluding carboxylic acids is 1. The van der Waals surface area contributed by atoms with Crippen LogP contribution in [0.15, 0.2) is 54.6 Å². The topological polar surface area (TPSA) is 32.3 Å². The molecule has 24 heavy (non-hydrogen) atoms. The molecule has 1 aliphatic heterocycles. The molecular weight excluding hydrogens is 303 g/mol. The molecule has 0 spiro atoms. The van der Waals surface area contributed by atoms with Crippen molar-refractivity contribution in [2.24, 2.45) is 0 Å². The maximum atomic E-state index is 13.7. The quantitative estimate of drug-likeness (QED) is 0.884. The van der Waals surface area contributed by atoms with Crippen molar-refractivity contribution >= 4 is 5.91 Å². The van der Waals surface area contributed by atoms with Gasteiger partial charge >= 0.3 is 0 Å². The third-order valence-electron chi connectivity index (χ3n) is 4.59. The minimum absolute atomic E-state index is 0.109. The fourth-order valence-electron chi connectivity index (χ4n) is 3.27. The van der Waals surface area contributed by atoms with Crippen LogP contribution in [0.3, 0.4) is 0 Å². The van der Waals surface area contributed by atoms with Crippen molar-refractivity contribution in [3.05, 3.63) is 71.5 Å². The first-order chi connectivity index (χ1) is 11.7. The van der Waals surface area contributed by atoms with Crippen molar-refractivity contribution in [2.45, 2.75) is 25.3 Å². The van der Waals surface area contributed by atoms with E-state index in [1.54, 1.807) is 12.1 Å². The number of halogens is 1. The Balaban J connectivity index is 1.65. The predicted octanol–water partition coefficient (Wildman–Crippen LogP) is 3.26. The highest BCUT2D eigenvalue weighted by atomic mass is 19.1. The molecule has 1 saturated heterocycles. The highest BCUT2D eigenvalue weighted by Crippen LogP contribution is 2.16. The standard InChI is InChI=1S/C20H23FN2O/c21-19-11-5-4-10-18(19)20(24)22-15-17(23-12-6-7-13-23)14-16-8-2-1-3-9-16/h1-5,8-11,17H,6-7,12-15H2,(H,22,24). The number of benzene rings is 2. The first kappa shape index (κ1) is 16.7. The Bertz CT molecular complexity index is 668. The van der Waals surface area contributed by atoms with Crippen LogP contribution in [-0.4, -0.2) is 36.5 Å². The summed E-state index contributed by atoms with van der Waals surface area (Å²) in [5, 5.41) is 2.92. The SMILES string of the molecule is O=C(NCC(Cc1ccccc1)N1CCCC1)c1ccccc1F. The zero-order chi connectivity index (χ0) is 16.8. The number of amides is 1. The van der Waals surface area contributed by atoms with Gasteiger partial charge in [-0.1, -0.05) is 42.5 Å². The number of likely N-dealkylation sites (tertiary alicyclic amines) is 1. The Morgan fingerprint density at radius 3 is 2.42 bits per heavy atom. The van der Waals surface area contributed by atoms with E-state index < -0.39 is 5.82 Å². The number of nitrogens with one attached hydrogen (secondary N) is 1. The maximum absolute atomic E-state index is 13.7. The van der Waals surface area contributed by atoms with Gasteiger partial charge in [-0.3, -0.25) is 9.69 Å². The van der Waals surface area contributed by atoms with E-state index in [9.17, 15) is 9.18 Å². The fourth-order valence-corrected chi connectivity index (χ4v) is 3.27. The van der Waals surface area contributed by atoms with Crippen LogP contribution in [-0.2, 0) is 6.42 Å². The summed E-state index contributed by atoms with van der Waals surface area (Å²) in [7, 11) is 0. The minimum atomic E-state index is -0.476. The van der Waals surface area contributed by atoms with Gasteiger partial charge in [-0.25, -0.2) is 4.39 Å². The first-order valence-corrected chi connectivity index (χ1v) is 8.55. The second-order valence-electron chi connectivity index (χ2n) is 6.28. The Labute approximate surface area is 142 Å². The molecule has 2 aromatic carbocycles. The molecular formula is C20H23FN2O. The van der Waals surface area contributed by atoms with Crippen LogP contribution < -0.4 is 5.32 Å². The van der Waals surface area contributed by atoms with Crippen molar-refractivity contribution < 1.29 is 9.18 Å². The lowest BCUT2D eigenvalue weighted by atomic mass is 10.0. The van der Waals surface area contributed by atoms with Crippen LogP contribution in [0.4, 0.5) is 4.39 Å². The van der Waals surface area contributed by atoms with Crippen LogP contribution in [0.5, 0.6) is 0 Å². The van der Waals surface area contributed by atoms with Crippen molar-refractivity contribution in [1.29, 1.82) is 0 Å². The molecule has 0 aliphatic carbocycles. The zero-order valence-corrected chi connectivity index (χ0v) is 13.7. The van der Waals surface area contributed by atoms with Gasteiger partial charge in [0.25, 0.3) is 5.91 Å². The van der Waals surface area contributed by atoms with E-state index in [2.05, 4.69) is 22.3 Å². The summed E-state index contributed by atoms with van der Waals surface area (Å²) in [5.74, 6) is -0.818. The molecule has 0 radical (unpaired) electrons. The summed E-state index contributed by atoms with van der Waals surface area (Å²) in [4.78, 5) is 14.7. The summed E-state index contributed by atoms with van der Waals surface area (Å²) < 4.78 is 13.7. The largest absolute Gasteiger partial charge is 0.350 e. The minimum Gasteiger partial charge on any atom is -0.350 e. The molecule has 1 aliphatic rings. The van der Waals surface area contributed by atoms with Crippen molar-refractivity contribution in [3.63, 3.8) is 0 Å². The average Bonchev–Trinajstić information content (AvgIpc) is 3.14. The number of carbonyl (C=O) groups is 1. The van der Waals surface area contributed by atoms with E-state index in [1.807, 2.05) is 18.2 Å². The number of hydrogen-bond acceptors (Lipinski definition) is 2. The zero-order valence-electron chi connectivity index (χ0n) is 13.7. The fraction of sp³-hybridized carbons (Fsp3) is 0.350. The van der Waals surface area contributed by atoms with Gasteiger partial charge in [0.05, 0.1) is 5.56 Å². The van der Waals surface area contributed by atoms with Crippen LogP contribution >= 0.6 is 0 Å². The van der Waals surface area contributed by atoms with Crippen molar-refractivity contribution in [1.82, 2.24) is 10.2 Å². The summed E-state index contributed by atoms with van der Waals surface area (Å²) in [6.45, 7) is 2.65. The van der Waals surface area contributed by atoms with Gasteiger partial charge in [0.15, 0.2) is 0 Å². The predicted molar refractivity (Wildman–Crippen MR) is 93.5 cm³/mol. The van der Waals surface area contributed by atoms with Crippen LogP contribution in [0.25, 0.3) is 0 Å². The lowest BCUT2D eigenvalue weighted by molar-refractivity contribution is 0.0933. The van der Waals surface area contributed by atoms with E-state index in [4.69, 9.17) is 0 Å². The Morgan fingerprint density at radius 1 is 1.04 bits per heavy atom.